The van der Waals surface area contributed by atoms with Crippen LogP contribution in [0.15, 0.2) is 48.5 Å². The highest BCUT2D eigenvalue weighted by Crippen LogP contribution is 2.45. The van der Waals surface area contributed by atoms with Gasteiger partial charge < -0.3 is 24.4 Å². The fourth-order valence-electron chi connectivity index (χ4n) is 5.78. The van der Waals surface area contributed by atoms with Gasteiger partial charge in [0.2, 0.25) is 0 Å². The minimum absolute atomic E-state index is 0.272. The minimum Gasteiger partial charge on any atom is -0.493 e. The molecule has 1 aliphatic heterocycles. The number of hydrogen-bond acceptors (Lipinski definition) is 5. The average molecular weight is 467 g/mol. The molecule has 0 amide bonds. The predicted molar refractivity (Wildman–Crippen MR) is 137 cm³/mol. The van der Waals surface area contributed by atoms with E-state index in [2.05, 4.69) is 36.0 Å². The van der Waals surface area contributed by atoms with Crippen LogP contribution in [0.2, 0.25) is 0 Å². The third kappa shape index (κ3) is 5.94. The van der Waals surface area contributed by atoms with Crippen molar-refractivity contribution in [2.45, 2.75) is 63.2 Å². The molecular formula is C29H42N2O3. The van der Waals surface area contributed by atoms with Crippen LogP contribution in [0.4, 0.5) is 0 Å². The van der Waals surface area contributed by atoms with Crippen molar-refractivity contribution in [1.82, 2.24) is 9.80 Å². The molecule has 2 fully saturated rings. The number of hydrogen-bond donors (Lipinski definition) is 1. The Bertz CT molecular complexity index is 896. The Morgan fingerprint density at radius 2 is 1.76 bits per heavy atom. The normalized spacial score (nSPS) is 24.3. The SMILES string of the molecule is COc1cc(C2(O)CCCCC2CCN2CCC(N(C)C)CC2)ccc1OCc1ccccc1. The summed E-state index contributed by atoms with van der Waals surface area (Å²) < 4.78 is 11.7. The number of ether oxygens (including phenoxy) is 2. The molecule has 0 bridgehead atoms. The van der Waals surface area contributed by atoms with E-state index < -0.39 is 5.60 Å². The average Bonchev–Trinajstić information content (AvgIpc) is 2.87. The van der Waals surface area contributed by atoms with Gasteiger partial charge in [-0.2, -0.15) is 0 Å². The lowest BCUT2D eigenvalue weighted by molar-refractivity contribution is -0.0609. The van der Waals surface area contributed by atoms with Crippen LogP contribution in [0, 0.1) is 5.92 Å². The van der Waals surface area contributed by atoms with E-state index in [9.17, 15) is 5.11 Å². The summed E-state index contributed by atoms with van der Waals surface area (Å²) >= 11 is 0. The highest BCUT2D eigenvalue weighted by atomic mass is 16.5. The molecule has 2 aromatic rings. The summed E-state index contributed by atoms with van der Waals surface area (Å²) in [5.74, 6) is 1.68. The smallest absolute Gasteiger partial charge is 0.161 e. The third-order valence-corrected chi connectivity index (χ3v) is 8.02. The van der Waals surface area contributed by atoms with Crippen LogP contribution in [-0.2, 0) is 12.2 Å². The first-order valence-corrected chi connectivity index (χ1v) is 13.0. The van der Waals surface area contributed by atoms with Gasteiger partial charge in [-0.15, -0.1) is 0 Å². The van der Waals surface area contributed by atoms with Crippen LogP contribution in [0.1, 0.15) is 56.1 Å². The lowest BCUT2D eigenvalue weighted by Gasteiger charge is -2.42. The monoisotopic (exact) mass is 466 g/mol. The fourth-order valence-corrected chi connectivity index (χ4v) is 5.78. The summed E-state index contributed by atoms with van der Waals surface area (Å²) in [5, 5.41) is 11.9. The lowest BCUT2D eigenvalue weighted by Crippen LogP contribution is -2.44. The maximum atomic E-state index is 11.9. The van der Waals surface area contributed by atoms with Gasteiger partial charge in [-0.1, -0.05) is 49.2 Å². The van der Waals surface area contributed by atoms with Gasteiger partial charge >= 0.3 is 0 Å². The summed E-state index contributed by atoms with van der Waals surface area (Å²) in [6.45, 7) is 3.89. The van der Waals surface area contributed by atoms with Crippen molar-refractivity contribution in [2.24, 2.45) is 5.92 Å². The summed E-state index contributed by atoms with van der Waals surface area (Å²) in [5.41, 5.74) is 1.28. The van der Waals surface area contributed by atoms with Gasteiger partial charge in [-0.25, -0.2) is 0 Å². The molecule has 1 N–H and O–H groups in total. The number of aliphatic hydroxyl groups is 1. The molecule has 0 radical (unpaired) electrons. The summed E-state index contributed by atoms with van der Waals surface area (Å²) in [6, 6.07) is 16.9. The van der Waals surface area contributed by atoms with Crippen molar-refractivity contribution < 1.29 is 14.6 Å². The molecule has 5 nitrogen and oxygen atoms in total. The molecule has 2 atom stereocenters. The van der Waals surface area contributed by atoms with Crippen molar-refractivity contribution in [3.8, 4) is 11.5 Å². The standard InChI is InChI=1S/C29H42N2O3/c1-30(2)26-15-19-31(20-16-26)18-14-24-11-7-8-17-29(24,32)25-12-13-27(28(21-25)33-3)34-22-23-9-5-4-6-10-23/h4-6,9-10,12-13,21,24,26,32H,7-8,11,14-20,22H2,1-3H3. The number of nitrogens with zero attached hydrogens (tertiary/aromatic N) is 2. The van der Waals surface area contributed by atoms with Crippen molar-refractivity contribution >= 4 is 0 Å². The van der Waals surface area contributed by atoms with Gasteiger partial charge in [0.1, 0.15) is 6.61 Å². The molecule has 2 unspecified atom stereocenters. The number of piperidine rings is 1. The van der Waals surface area contributed by atoms with Crippen molar-refractivity contribution in [2.75, 3.05) is 40.8 Å². The van der Waals surface area contributed by atoms with Gasteiger partial charge in [0, 0.05) is 6.04 Å². The zero-order chi connectivity index (χ0) is 24.0. The zero-order valence-corrected chi connectivity index (χ0v) is 21.2. The third-order valence-electron chi connectivity index (χ3n) is 8.02. The van der Waals surface area contributed by atoms with E-state index in [1.807, 2.05) is 36.4 Å². The number of methoxy groups -OCH3 is 1. The molecule has 0 aromatic heterocycles. The molecule has 4 rings (SSSR count). The molecular weight excluding hydrogens is 424 g/mol. The predicted octanol–water partition coefficient (Wildman–Crippen LogP) is 5.07. The molecule has 1 saturated carbocycles. The molecule has 2 aromatic carbocycles. The van der Waals surface area contributed by atoms with E-state index in [1.54, 1.807) is 7.11 Å². The van der Waals surface area contributed by atoms with Gasteiger partial charge in [-0.05, 0) is 95.0 Å². The van der Waals surface area contributed by atoms with E-state index in [1.165, 1.54) is 19.3 Å². The van der Waals surface area contributed by atoms with Crippen LogP contribution in [0.5, 0.6) is 11.5 Å². The molecule has 1 saturated heterocycles. The topological polar surface area (TPSA) is 45.2 Å². The van der Waals surface area contributed by atoms with Crippen molar-refractivity contribution in [3.63, 3.8) is 0 Å². The summed E-state index contributed by atoms with van der Waals surface area (Å²) in [4.78, 5) is 4.95. The fraction of sp³-hybridized carbons (Fsp3) is 0.586. The highest BCUT2D eigenvalue weighted by molar-refractivity contribution is 5.45. The Morgan fingerprint density at radius 3 is 2.47 bits per heavy atom. The number of likely N-dealkylation sites (tertiary alicyclic amines) is 1. The van der Waals surface area contributed by atoms with E-state index in [4.69, 9.17) is 9.47 Å². The van der Waals surface area contributed by atoms with Gasteiger partial charge in [-0.3, -0.25) is 0 Å². The molecule has 5 heteroatoms. The molecule has 0 spiro atoms. The largest absolute Gasteiger partial charge is 0.493 e. The van der Waals surface area contributed by atoms with E-state index in [0.717, 1.165) is 62.2 Å². The van der Waals surface area contributed by atoms with Crippen LogP contribution < -0.4 is 9.47 Å². The minimum atomic E-state index is -0.800. The first-order chi connectivity index (χ1) is 16.5. The van der Waals surface area contributed by atoms with Crippen molar-refractivity contribution in [3.05, 3.63) is 59.7 Å². The Balaban J connectivity index is 1.42. The summed E-state index contributed by atoms with van der Waals surface area (Å²) in [6.07, 6.45) is 7.68. The van der Waals surface area contributed by atoms with Crippen LogP contribution in [-0.4, -0.2) is 61.8 Å². The second-order valence-corrected chi connectivity index (χ2v) is 10.3. The van der Waals surface area contributed by atoms with E-state index in [0.29, 0.717) is 18.4 Å². The molecule has 2 aliphatic rings. The maximum absolute atomic E-state index is 11.9. The first kappa shape index (κ1) is 25.0. The highest BCUT2D eigenvalue weighted by Gasteiger charge is 2.40. The van der Waals surface area contributed by atoms with Crippen LogP contribution in [0.25, 0.3) is 0 Å². The Kier molecular flexibility index (Phi) is 8.51. The Hall–Kier alpha value is -2.08. The molecule has 186 valence electrons. The second-order valence-electron chi connectivity index (χ2n) is 10.3. The van der Waals surface area contributed by atoms with Crippen LogP contribution >= 0.6 is 0 Å². The zero-order valence-electron chi connectivity index (χ0n) is 21.2. The quantitative estimate of drug-likeness (QED) is 0.559. The molecule has 1 heterocycles. The Labute approximate surface area is 205 Å². The Morgan fingerprint density at radius 1 is 1.00 bits per heavy atom. The number of benzene rings is 2. The number of rotatable bonds is 9. The van der Waals surface area contributed by atoms with Gasteiger partial charge in [0.15, 0.2) is 11.5 Å². The molecule has 1 aliphatic carbocycles. The van der Waals surface area contributed by atoms with Gasteiger partial charge in [0.05, 0.1) is 12.7 Å². The summed E-state index contributed by atoms with van der Waals surface area (Å²) in [7, 11) is 6.05. The molecule has 34 heavy (non-hydrogen) atoms. The first-order valence-electron chi connectivity index (χ1n) is 13.0. The van der Waals surface area contributed by atoms with Crippen molar-refractivity contribution in [1.29, 1.82) is 0 Å². The maximum Gasteiger partial charge on any atom is 0.161 e. The van der Waals surface area contributed by atoms with Gasteiger partial charge in [0.25, 0.3) is 0 Å². The second kappa shape index (κ2) is 11.6. The van der Waals surface area contributed by atoms with Crippen LogP contribution in [0.3, 0.4) is 0 Å². The van der Waals surface area contributed by atoms with E-state index >= 15 is 0 Å². The lowest BCUT2D eigenvalue weighted by atomic mass is 9.70. The van der Waals surface area contributed by atoms with E-state index in [-0.39, 0.29) is 5.92 Å².